The van der Waals surface area contributed by atoms with Crippen LogP contribution in [0.5, 0.6) is 11.6 Å². The topological polar surface area (TPSA) is 99.3 Å². The molecule has 1 saturated carbocycles. The summed E-state index contributed by atoms with van der Waals surface area (Å²) in [5.74, 6) is -2.04. The minimum Gasteiger partial charge on any atom is -0.438 e. The summed E-state index contributed by atoms with van der Waals surface area (Å²) in [6.45, 7) is 0. The number of non-ortho nitro benzene ring substituents is 1. The Balaban J connectivity index is 1.67. The fraction of sp³-hybridized carbons (Fsp3) is 0.273. The summed E-state index contributed by atoms with van der Waals surface area (Å²) in [5, 5.41) is 16.8. The van der Waals surface area contributed by atoms with E-state index in [0.717, 1.165) is 19.2 Å². The molecule has 1 aromatic heterocycles. The molecular formula is C22H16F6N4O4. The third kappa shape index (κ3) is 4.83. The number of ether oxygens (including phenoxy) is 1. The molecule has 8 nitrogen and oxygen atoms in total. The zero-order valence-electron chi connectivity index (χ0n) is 18.3. The molecule has 0 aliphatic heterocycles. The summed E-state index contributed by atoms with van der Waals surface area (Å²) >= 11 is 0. The molecule has 14 heteroatoms. The van der Waals surface area contributed by atoms with Crippen molar-refractivity contribution in [3.05, 3.63) is 81.0 Å². The Hall–Kier alpha value is -4.10. The molecule has 3 aromatic rings. The number of hydrogen-bond donors (Lipinski definition) is 1. The van der Waals surface area contributed by atoms with Crippen molar-refractivity contribution in [2.24, 2.45) is 7.05 Å². The summed E-state index contributed by atoms with van der Waals surface area (Å²) in [5.41, 5.74) is -4.25. The van der Waals surface area contributed by atoms with E-state index in [1.54, 1.807) is 0 Å². The Morgan fingerprint density at radius 3 is 2.08 bits per heavy atom. The molecule has 0 unspecified atom stereocenters. The molecule has 1 amide bonds. The number of hydrogen-bond acceptors (Lipinski definition) is 5. The number of carbonyl (C=O) groups excluding carboxylic acids is 1. The molecule has 1 N–H and O–H groups in total. The van der Waals surface area contributed by atoms with Crippen molar-refractivity contribution in [2.45, 2.75) is 30.7 Å². The second kappa shape index (κ2) is 8.53. The van der Waals surface area contributed by atoms with Crippen LogP contribution in [0.1, 0.15) is 40.0 Å². The maximum atomic E-state index is 13.7. The first kappa shape index (κ1) is 25.0. The second-order valence-corrected chi connectivity index (χ2v) is 8.11. The average molecular weight is 514 g/mol. The quantitative estimate of drug-likeness (QED) is 0.263. The van der Waals surface area contributed by atoms with Gasteiger partial charge in [-0.3, -0.25) is 14.9 Å². The number of benzene rings is 2. The third-order valence-corrected chi connectivity index (χ3v) is 5.62. The predicted molar refractivity (Wildman–Crippen MR) is 111 cm³/mol. The molecule has 0 radical (unpaired) electrons. The van der Waals surface area contributed by atoms with Gasteiger partial charge in [-0.15, -0.1) is 0 Å². The summed E-state index contributed by atoms with van der Waals surface area (Å²) in [7, 11) is 1.09. The zero-order chi connectivity index (χ0) is 26.5. The van der Waals surface area contributed by atoms with Gasteiger partial charge in [-0.1, -0.05) is 0 Å². The Morgan fingerprint density at radius 1 is 1.03 bits per heavy atom. The van der Waals surface area contributed by atoms with E-state index in [4.69, 9.17) is 4.74 Å². The summed E-state index contributed by atoms with van der Waals surface area (Å²) in [4.78, 5) is 23.4. The predicted octanol–water partition coefficient (Wildman–Crippen LogP) is 5.58. The van der Waals surface area contributed by atoms with Gasteiger partial charge in [0.1, 0.15) is 11.3 Å². The number of amides is 1. The molecule has 1 aliphatic rings. The Kier molecular flexibility index (Phi) is 5.93. The van der Waals surface area contributed by atoms with Gasteiger partial charge in [-0.2, -0.15) is 31.4 Å². The van der Waals surface area contributed by atoms with E-state index in [2.05, 4.69) is 10.4 Å². The summed E-state index contributed by atoms with van der Waals surface area (Å²) in [6, 6.07) is 8.41. The Bertz CT molecular complexity index is 1310. The fourth-order valence-electron chi connectivity index (χ4n) is 3.65. The van der Waals surface area contributed by atoms with Crippen LogP contribution in [-0.4, -0.2) is 20.6 Å². The molecule has 0 saturated heterocycles. The maximum absolute atomic E-state index is 13.7. The maximum Gasteiger partial charge on any atom is 0.436 e. The standard InChI is InChI=1S/C22H16F6N4O4/c1-31-19(36-15-8-4-13(5-9-15)21(23,24)25)16(17(30-31)22(26,27)28)18(33)29-20(10-11-20)12-2-6-14(7-3-12)32(34)35/h2-9H,10-11H2,1H3,(H,29,33). The lowest BCUT2D eigenvalue weighted by Crippen LogP contribution is -2.36. The van der Waals surface area contributed by atoms with E-state index in [0.29, 0.717) is 35.2 Å². The highest BCUT2D eigenvalue weighted by atomic mass is 19.4. The first-order valence-corrected chi connectivity index (χ1v) is 10.3. The van der Waals surface area contributed by atoms with E-state index in [9.17, 15) is 41.3 Å². The van der Waals surface area contributed by atoms with E-state index in [-0.39, 0.29) is 11.4 Å². The van der Waals surface area contributed by atoms with Crippen LogP contribution in [0, 0.1) is 10.1 Å². The Labute approximate surface area is 198 Å². The SMILES string of the molecule is Cn1nc(C(F)(F)F)c(C(=O)NC2(c3ccc([N+](=O)[O-])cc3)CC2)c1Oc1ccc(C(F)(F)F)cc1. The van der Waals surface area contributed by atoms with Crippen molar-refractivity contribution in [3.63, 3.8) is 0 Å². The third-order valence-electron chi connectivity index (χ3n) is 5.62. The van der Waals surface area contributed by atoms with E-state index >= 15 is 0 Å². The number of nitro groups is 1. The van der Waals surface area contributed by atoms with Crippen molar-refractivity contribution in [1.82, 2.24) is 15.1 Å². The van der Waals surface area contributed by atoms with E-state index in [1.807, 2.05) is 0 Å². The highest BCUT2D eigenvalue weighted by Crippen LogP contribution is 2.47. The lowest BCUT2D eigenvalue weighted by Gasteiger charge is -2.19. The van der Waals surface area contributed by atoms with Crippen molar-refractivity contribution in [1.29, 1.82) is 0 Å². The molecule has 2 aromatic carbocycles. The van der Waals surface area contributed by atoms with Crippen LogP contribution in [0.3, 0.4) is 0 Å². The van der Waals surface area contributed by atoms with Gasteiger partial charge < -0.3 is 10.1 Å². The molecule has 1 aliphatic carbocycles. The molecule has 1 fully saturated rings. The van der Waals surface area contributed by atoms with Crippen LogP contribution in [0.25, 0.3) is 0 Å². The monoisotopic (exact) mass is 514 g/mol. The van der Waals surface area contributed by atoms with E-state index in [1.165, 1.54) is 24.3 Å². The molecule has 4 rings (SSSR count). The summed E-state index contributed by atoms with van der Waals surface area (Å²) in [6.07, 6.45) is -8.94. The van der Waals surface area contributed by atoms with Crippen LogP contribution < -0.4 is 10.1 Å². The minimum atomic E-state index is -5.05. The number of rotatable bonds is 6. The molecule has 36 heavy (non-hydrogen) atoms. The van der Waals surface area contributed by atoms with Gasteiger partial charge in [0.2, 0.25) is 5.88 Å². The number of aryl methyl sites for hydroxylation is 1. The van der Waals surface area contributed by atoms with Crippen LogP contribution >= 0.6 is 0 Å². The lowest BCUT2D eigenvalue weighted by molar-refractivity contribution is -0.384. The molecule has 0 spiro atoms. The first-order valence-electron chi connectivity index (χ1n) is 10.3. The number of nitrogens with one attached hydrogen (secondary N) is 1. The van der Waals surface area contributed by atoms with Gasteiger partial charge in [0.25, 0.3) is 11.6 Å². The molecule has 1 heterocycles. The van der Waals surface area contributed by atoms with Gasteiger partial charge in [0, 0.05) is 19.2 Å². The summed E-state index contributed by atoms with van der Waals surface area (Å²) < 4.78 is 85.6. The highest BCUT2D eigenvalue weighted by molar-refractivity contribution is 5.98. The van der Waals surface area contributed by atoms with Gasteiger partial charge in [0.05, 0.1) is 16.0 Å². The van der Waals surface area contributed by atoms with Crippen molar-refractivity contribution in [3.8, 4) is 11.6 Å². The zero-order valence-corrected chi connectivity index (χ0v) is 18.3. The highest BCUT2D eigenvalue weighted by Gasteiger charge is 2.49. The number of halogens is 6. The minimum absolute atomic E-state index is 0.195. The second-order valence-electron chi connectivity index (χ2n) is 8.11. The van der Waals surface area contributed by atoms with E-state index < -0.39 is 51.4 Å². The van der Waals surface area contributed by atoms with Gasteiger partial charge in [0.15, 0.2) is 5.69 Å². The molecule has 190 valence electrons. The molecule has 0 bridgehead atoms. The van der Waals surface area contributed by atoms with Crippen LogP contribution in [0.4, 0.5) is 32.0 Å². The molecule has 0 atom stereocenters. The molecular weight excluding hydrogens is 498 g/mol. The number of nitro benzene ring substituents is 1. The largest absolute Gasteiger partial charge is 0.438 e. The van der Waals surface area contributed by atoms with Crippen LogP contribution in [0.15, 0.2) is 48.5 Å². The van der Waals surface area contributed by atoms with Gasteiger partial charge in [-0.05, 0) is 54.8 Å². The smallest absolute Gasteiger partial charge is 0.436 e. The average Bonchev–Trinajstić information content (AvgIpc) is 3.49. The van der Waals surface area contributed by atoms with Gasteiger partial charge in [-0.25, -0.2) is 4.68 Å². The van der Waals surface area contributed by atoms with Crippen molar-refractivity contribution < 1.29 is 40.8 Å². The lowest BCUT2D eigenvalue weighted by atomic mass is 10.0. The van der Waals surface area contributed by atoms with Crippen LogP contribution in [0.2, 0.25) is 0 Å². The number of carbonyl (C=O) groups is 1. The van der Waals surface area contributed by atoms with Gasteiger partial charge >= 0.3 is 12.4 Å². The number of nitrogens with zero attached hydrogens (tertiary/aromatic N) is 3. The van der Waals surface area contributed by atoms with Crippen molar-refractivity contribution in [2.75, 3.05) is 0 Å². The van der Waals surface area contributed by atoms with Crippen LogP contribution in [-0.2, 0) is 24.9 Å². The number of aromatic nitrogens is 2. The first-order chi connectivity index (χ1) is 16.7. The normalized spacial score (nSPS) is 14.9. The van der Waals surface area contributed by atoms with Crippen molar-refractivity contribution >= 4 is 11.6 Å². The Morgan fingerprint density at radius 2 is 1.61 bits per heavy atom. The number of alkyl halides is 6. The fourth-order valence-corrected chi connectivity index (χ4v) is 3.65.